The van der Waals surface area contributed by atoms with Gasteiger partial charge < -0.3 is 29.7 Å². The van der Waals surface area contributed by atoms with Crippen LogP contribution in [0.4, 0.5) is 11.4 Å². The number of hydrogen-bond donors (Lipinski definition) is 2. The normalized spacial score (nSPS) is 13.2. The van der Waals surface area contributed by atoms with Crippen molar-refractivity contribution in [3.63, 3.8) is 0 Å². The number of ether oxygens (including phenoxy) is 2. The summed E-state index contributed by atoms with van der Waals surface area (Å²) >= 11 is 0. The average molecular weight is 460 g/mol. The number of piperazine rings is 1. The number of nitrogens with one attached hydrogen (secondary N) is 1. The van der Waals surface area contributed by atoms with Gasteiger partial charge in [-0.1, -0.05) is 27.7 Å². The third-order valence-electron chi connectivity index (χ3n) is 4.84. The molecule has 0 spiro atoms. The lowest BCUT2D eigenvalue weighted by atomic mass is 10.2. The molecular formula is C26H41N3O4. The summed E-state index contributed by atoms with van der Waals surface area (Å²) in [6, 6.07) is 15.0. The number of nitrogens with zero attached hydrogens (tertiary/aromatic N) is 2. The van der Waals surface area contributed by atoms with Gasteiger partial charge in [0.15, 0.2) is 0 Å². The SMILES string of the molecule is CC.CC.CN1CCN(c2ccc(NC(=O)c3ccc(OCCOCCO)cc3)cc2)CC1. The topological polar surface area (TPSA) is 74.3 Å². The Morgan fingerprint density at radius 2 is 1.48 bits per heavy atom. The van der Waals surface area contributed by atoms with Crippen LogP contribution in [0, 0.1) is 0 Å². The Bertz CT molecular complexity index is 758. The molecule has 1 aliphatic heterocycles. The van der Waals surface area contributed by atoms with Crippen molar-refractivity contribution in [1.82, 2.24) is 4.90 Å². The van der Waals surface area contributed by atoms with Gasteiger partial charge in [-0.2, -0.15) is 0 Å². The molecule has 0 aliphatic carbocycles. The first-order chi connectivity index (χ1) is 16.2. The number of carbonyl (C=O) groups excluding carboxylic acids is 1. The number of benzene rings is 2. The minimum atomic E-state index is -0.157. The van der Waals surface area contributed by atoms with E-state index in [0.29, 0.717) is 31.1 Å². The standard InChI is InChI=1S/C22H29N3O4.2C2H6/c1-24-10-12-25(13-11-24)20-6-4-19(5-7-20)23-22(27)18-2-8-21(9-3-18)29-17-16-28-15-14-26;2*1-2/h2-9,26H,10-17H2,1H3,(H,23,27);2*1-2H3. The van der Waals surface area contributed by atoms with E-state index in [4.69, 9.17) is 14.6 Å². The van der Waals surface area contributed by atoms with Crippen LogP contribution in [-0.4, -0.2) is 75.6 Å². The maximum absolute atomic E-state index is 12.5. The van der Waals surface area contributed by atoms with E-state index < -0.39 is 0 Å². The first-order valence-electron chi connectivity index (χ1n) is 11.9. The monoisotopic (exact) mass is 459 g/mol. The van der Waals surface area contributed by atoms with Crippen molar-refractivity contribution in [3.05, 3.63) is 54.1 Å². The fraction of sp³-hybridized carbons (Fsp3) is 0.500. The number of amides is 1. The quantitative estimate of drug-likeness (QED) is 0.549. The van der Waals surface area contributed by atoms with Crippen LogP contribution in [-0.2, 0) is 4.74 Å². The number of likely N-dealkylation sites (N-methyl/N-ethyl adjacent to an activating group) is 1. The molecule has 7 heteroatoms. The van der Waals surface area contributed by atoms with Crippen LogP contribution in [0.2, 0.25) is 0 Å². The predicted octanol–water partition coefficient (Wildman–Crippen LogP) is 4.13. The highest BCUT2D eigenvalue weighted by Crippen LogP contribution is 2.20. The van der Waals surface area contributed by atoms with Gasteiger partial charge in [0.1, 0.15) is 12.4 Å². The largest absolute Gasteiger partial charge is 0.491 e. The molecule has 3 rings (SSSR count). The third-order valence-corrected chi connectivity index (χ3v) is 4.84. The van der Waals surface area contributed by atoms with Crippen LogP contribution < -0.4 is 15.0 Å². The van der Waals surface area contributed by atoms with Gasteiger partial charge in [0.05, 0.1) is 19.8 Å². The Balaban J connectivity index is 0.00000129. The molecule has 1 fully saturated rings. The molecular weight excluding hydrogens is 418 g/mol. The molecule has 7 nitrogen and oxygen atoms in total. The maximum atomic E-state index is 12.5. The summed E-state index contributed by atoms with van der Waals surface area (Å²) in [4.78, 5) is 17.2. The lowest BCUT2D eigenvalue weighted by molar-refractivity contribution is 0.0705. The first-order valence-corrected chi connectivity index (χ1v) is 11.9. The summed E-state index contributed by atoms with van der Waals surface area (Å²) in [5, 5.41) is 11.6. The van der Waals surface area contributed by atoms with Crippen molar-refractivity contribution in [2.24, 2.45) is 0 Å². The molecule has 1 aliphatic rings. The van der Waals surface area contributed by atoms with Gasteiger partial charge in [-0.3, -0.25) is 4.79 Å². The number of hydrogen-bond acceptors (Lipinski definition) is 6. The fourth-order valence-corrected chi connectivity index (χ4v) is 3.11. The number of anilines is 2. The molecule has 184 valence electrons. The van der Waals surface area contributed by atoms with Gasteiger partial charge in [-0.05, 0) is 55.6 Å². The molecule has 0 saturated carbocycles. The summed E-state index contributed by atoms with van der Waals surface area (Å²) in [6.45, 7) is 13.3. The molecule has 0 radical (unpaired) electrons. The van der Waals surface area contributed by atoms with Gasteiger partial charge in [0.25, 0.3) is 5.91 Å². The summed E-state index contributed by atoms with van der Waals surface area (Å²) in [7, 11) is 2.14. The predicted molar refractivity (Wildman–Crippen MR) is 137 cm³/mol. The molecule has 1 amide bonds. The summed E-state index contributed by atoms with van der Waals surface area (Å²) in [5.41, 5.74) is 2.52. The first kappa shape index (κ1) is 28.4. The molecule has 2 aromatic rings. The van der Waals surface area contributed by atoms with Crippen LogP contribution in [0.15, 0.2) is 48.5 Å². The molecule has 1 saturated heterocycles. The van der Waals surface area contributed by atoms with Gasteiger partial charge in [-0.15, -0.1) is 0 Å². The molecule has 0 unspecified atom stereocenters. The van der Waals surface area contributed by atoms with Crippen molar-refractivity contribution < 1.29 is 19.4 Å². The zero-order valence-corrected chi connectivity index (χ0v) is 20.8. The van der Waals surface area contributed by atoms with Crippen LogP contribution in [0.1, 0.15) is 38.1 Å². The molecule has 1 heterocycles. The van der Waals surface area contributed by atoms with E-state index in [2.05, 4.69) is 34.3 Å². The second kappa shape index (κ2) is 16.9. The highest BCUT2D eigenvalue weighted by atomic mass is 16.5. The van der Waals surface area contributed by atoms with Crippen LogP contribution in [0.5, 0.6) is 5.75 Å². The van der Waals surface area contributed by atoms with Crippen molar-refractivity contribution in [2.45, 2.75) is 27.7 Å². The Morgan fingerprint density at radius 1 is 0.879 bits per heavy atom. The second-order valence-corrected chi connectivity index (χ2v) is 7.00. The van der Waals surface area contributed by atoms with Crippen molar-refractivity contribution in [3.8, 4) is 5.75 Å². The Morgan fingerprint density at radius 3 is 2.06 bits per heavy atom. The van der Waals surface area contributed by atoms with Crippen LogP contribution >= 0.6 is 0 Å². The van der Waals surface area contributed by atoms with Gasteiger partial charge in [-0.25, -0.2) is 0 Å². The molecule has 0 bridgehead atoms. The van der Waals surface area contributed by atoms with Gasteiger partial charge in [0, 0.05) is 43.1 Å². The van der Waals surface area contributed by atoms with E-state index in [1.54, 1.807) is 24.3 Å². The van der Waals surface area contributed by atoms with Crippen LogP contribution in [0.3, 0.4) is 0 Å². The molecule has 0 atom stereocenters. The zero-order valence-electron chi connectivity index (χ0n) is 20.8. The Labute approximate surface area is 199 Å². The fourth-order valence-electron chi connectivity index (χ4n) is 3.11. The third kappa shape index (κ3) is 10.2. The number of aliphatic hydroxyl groups is 1. The summed E-state index contributed by atoms with van der Waals surface area (Å²) in [5.74, 6) is 0.515. The smallest absolute Gasteiger partial charge is 0.255 e. The number of carbonyl (C=O) groups is 1. The summed E-state index contributed by atoms with van der Waals surface area (Å²) in [6.07, 6.45) is 0. The summed E-state index contributed by atoms with van der Waals surface area (Å²) < 4.78 is 10.7. The van der Waals surface area contributed by atoms with E-state index in [0.717, 1.165) is 31.9 Å². The lowest BCUT2D eigenvalue weighted by Crippen LogP contribution is -2.44. The van der Waals surface area contributed by atoms with Crippen LogP contribution in [0.25, 0.3) is 0 Å². The second-order valence-electron chi connectivity index (χ2n) is 7.00. The zero-order chi connectivity index (χ0) is 24.5. The highest BCUT2D eigenvalue weighted by molar-refractivity contribution is 6.04. The Hall–Kier alpha value is -2.61. The van der Waals surface area contributed by atoms with Gasteiger partial charge in [0.2, 0.25) is 0 Å². The van der Waals surface area contributed by atoms with Gasteiger partial charge >= 0.3 is 0 Å². The molecule has 2 aromatic carbocycles. The number of rotatable bonds is 9. The Kier molecular flexibility index (Phi) is 14.6. The number of aliphatic hydroxyl groups excluding tert-OH is 1. The van der Waals surface area contributed by atoms with E-state index in [1.165, 1.54) is 5.69 Å². The van der Waals surface area contributed by atoms with E-state index >= 15 is 0 Å². The van der Waals surface area contributed by atoms with E-state index in [9.17, 15) is 4.79 Å². The maximum Gasteiger partial charge on any atom is 0.255 e. The van der Waals surface area contributed by atoms with E-state index in [1.807, 2.05) is 39.8 Å². The van der Waals surface area contributed by atoms with E-state index in [-0.39, 0.29) is 12.5 Å². The van der Waals surface area contributed by atoms with Crippen molar-refractivity contribution >= 4 is 17.3 Å². The van der Waals surface area contributed by atoms with Crippen molar-refractivity contribution in [1.29, 1.82) is 0 Å². The average Bonchev–Trinajstić information content (AvgIpc) is 2.88. The lowest BCUT2D eigenvalue weighted by Gasteiger charge is -2.34. The molecule has 33 heavy (non-hydrogen) atoms. The molecule has 2 N–H and O–H groups in total. The minimum absolute atomic E-state index is 0.00237. The molecule has 0 aromatic heterocycles. The van der Waals surface area contributed by atoms with Crippen molar-refractivity contribution in [2.75, 3.05) is 69.9 Å². The minimum Gasteiger partial charge on any atom is -0.491 e. The highest BCUT2D eigenvalue weighted by Gasteiger charge is 2.14.